The van der Waals surface area contributed by atoms with Crippen LogP contribution in [-0.4, -0.2) is 14.8 Å². The summed E-state index contributed by atoms with van der Waals surface area (Å²) in [6, 6.07) is 13.8. The Morgan fingerprint density at radius 2 is 1.95 bits per heavy atom. The molecule has 0 fully saturated rings. The first-order valence-corrected chi connectivity index (χ1v) is 6.02. The number of para-hydroxylation sites is 1. The van der Waals surface area contributed by atoms with Crippen molar-refractivity contribution in [1.29, 1.82) is 5.26 Å². The fraction of sp³-hybridized carbons (Fsp3) is 0.133. The van der Waals surface area contributed by atoms with Gasteiger partial charge in [0.25, 0.3) is 0 Å². The Balaban J connectivity index is 2.34. The maximum atomic E-state index is 9.31. The van der Waals surface area contributed by atoms with Crippen LogP contribution < -0.4 is 0 Å². The summed E-state index contributed by atoms with van der Waals surface area (Å²) >= 11 is 0. The summed E-state index contributed by atoms with van der Waals surface area (Å²) in [5, 5.41) is 14.7. The monoisotopic (exact) mass is 248 g/mol. The number of nitriles is 1. The van der Waals surface area contributed by atoms with E-state index < -0.39 is 0 Å². The molecule has 2 heterocycles. The number of hydrogen-bond donors (Lipinski definition) is 0. The first-order chi connectivity index (χ1) is 9.19. The molecule has 3 rings (SSSR count). The largest absolute Gasteiger partial charge is 0.227 e. The minimum absolute atomic E-state index is 0.532. The lowest BCUT2D eigenvalue weighted by molar-refractivity contribution is 0.808. The minimum Gasteiger partial charge on any atom is -0.227 e. The van der Waals surface area contributed by atoms with Crippen LogP contribution in [0.1, 0.15) is 17.0 Å². The second kappa shape index (κ2) is 4.21. The summed E-state index contributed by atoms with van der Waals surface area (Å²) in [5.74, 6) is 0.590. The van der Waals surface area contributed by atoms with Gasteiger partial charge in [-0.2, -0.15) is 10.4 Å². The molecule has 1 aromatic carbocycles. The number of rotatable bonds is 1. The van der Waals surface area contributed by atoms with Gasteiger partial charge in [-0.1, -0.05) is 18.2 Å². The summed E-state index contributed by atoms with van der Waals surface area (Å²) in [5.41, 5.74) is 3.28. The lowest BCUT2D eigenvalue weighted by atomic mass is 10.1. The fourth-order valence-corrected chi connectivity index (χ4v) is 2.19. The van der Waals surface area contributed by atoms with Gasteiger partial charge in [-0.25, -0.2) is 9.67 Å². The molecule has 4 heteroatoms. The lowest BCUT2D eigenvalue weighted by Crippen LogP contribution is -2.05. The Labute approximate surface area is 110 Å². The van der Waals surface area contributed by atoms with E-state index in [-0.39, 0.29) is 0 Å². The van der Waals surface area contributed by atoms with E-state index in [1.807, 2.05) is 50.2 Å². The summed E-state index contributed by atoms with van der Waals surface area (Å²) in [4.78, 5) is 4.57. The maximum absolute atomic E-state index is 9.31. The molecule has 0 unspecified atom stereocenters. The van der Waals surface area contributed by atoms with Crippen molar-refractivity contribution in [2.45, 2.75) is 13.8 Å². The number of nitrogens with zero attached hydrogens (tertiary/aromatic N) is 4. The number of pyridine rings is 1. The molecule has 0 aliphatic rings. The van der Waals surface area contributed by atoms with Gasteiger partial charge in [0.1, 0.15) is 6.07 Å². The van der Waals surface area contributed by atoms with Crippen molar-refractivity contribution in [2.75, 3.05) is 0 Å². The van der Waals surface area contributed by atoms with E-state index in [0.717, 1.165) is 22.3 Å². The zero-order valence-corrected chi connectivity index (χ0v) is 10.8. The SMILES string of the molecule is Cc1cc(C)n(-c2nc3ccccc3cc2C#N)n1. The highest BCUT2D eigenvalue weighted by Crippen LogP contribution is 2.20. The molecule has 0 spiro atoms. The first kappa shape index (κ1) is 11.4. The van der Waals surface area contributed by atoms with Crippen molar-refractivity contribution >= 4 is 10.9 Å². The van der Waals surface area contributed by atoms with E-state index >= 15 is 0 Å². The van der Waals surface area contributed by atoms with Gasteiger partial charge in [0.15, 0.2) is 5.82 Å². The van der Waals surface area contributed by atoms with Gasteiger partial charge in [0.05, 0.1) is 16.8 Å². The molecule has 3 aromatic rings. The number of hydrogen-bond acceptors (Lipinski definition) is 3. The molecule has 0 amide bonds. The van der Waals surface area contributed by atoms with Crippen molar-refractivity contribution in [2.24, 2.45) is 0 Å². The van der Waals surface area contributed by atoms with Crippen molar-refractivity contribution in [3.8, 4) is 11.9 Å². The molecule has 4 nitrogen and oxygen atoms in total. The van der Waals surface area contributed by atoms with Crippen molar-refractivity contribution in [3.05, 3.63) is 53.3 Å². The summed E-state index contributed by atoms with van der Waals surface area (Å²) < 4.78 is 1.72. The molecule has 0 saturated carbocycles. The standard InChI is InChI=1S/C15H12N4/c1-10-7-11(2)19(18-10)15-13(9-16)8-12-5-3-4-6-14(12)17-15/h3-8H,1-2H3. The van der Waals surface area contributed by atoms with Crippen LogP contribution in [0.2, 0.25) is 0 Å². The zero-order valence-electron chi connectivity index (χ0n) is 10.8. The molecule has 2 aromatic heterocycles. The van der Waals surface area contributed by atoms with E-state index in [1.54, 1.807) is 4.68 Å². The Morgan fingerprint density at radius 1 is 1.16 bits per heavy atom. The smallest absolute Gasteiger partial charge is 0.172 e. The second-order valence-electron chi connectivity index (χ2n) is 4.50. The highest BCUT2D eigenvalue weighted by Gasteiger charge is 2.11. The van der Waals surface area contributed by atoms with Gasteiger partial charge in [0.2, 0.25) is 0 Å². The van der Waals surface area contributed by atoms with Gasteiger partial charge in [-0.05, 0) is 32.0 Å². The van der Waals surface area contributed by atoms with Crippen LogP contribution in [0, 0.1) is 25.2 Å². The Morgan fingerprint density at radius 3 is 2.63 bits per heavy atom. The predicted octanol–water partition coefficient (Wildman–Crippen LogP) is 2.91. The number of aryl methyl sites for hydroxylation is 2. The second-order valence-corrected chi connectivity index (χ2v) is 4.50. The normalized spacial score (nSPS) is 10.6. The molecule has 19 heavy (non-hydrogen) atoms. The number of aromatic nitrogens is 3. The van der Waals surface area contributed by atoms with Gasteiger partial charge in [-0.15, -0.1) is 0 Å². The van der Waals surface area contributed by atoms with E-state index in [4.69, 9.17) is 0 Å². The molecule has 0 bridgehead atoms. The highest BCUT2D eigenvalue weighted by atomic mass is 15.3. The summed E-state index contributed by atoms with van der Waals surface area (Å²) in [6.07, 6.45) is 0. The van der Waals surface area contributed by atoms with Crippen molar-refractivity contribution in [1.82, 2.24) is 14.8 Å². The Bertz CT molecular complexity index is 809. The molecule has 92 valence electrons. The number of fused-ring (bicyclic) bond motifs is 1. The average molecular weight is 248 g/mol. The van der Waals surface area contributed by atoms with Crippen LogP contribution in [0.4, 0.5) is 0 Å². The molecule has 0 N–H and O–H groups in total. The Kier molecular flexibility index (Phi) is 2.53. The average Bonchev–Trinajstić information content (AvgIpc) is 2.76. The zero-order chi connectivity index (χ0) is 13.4. The summed E-state index contributed by atoms with van der Waals surface area (Å²) in [7, 11) is 0. The van der Waals surface area contributed by atoms with Crippen LogP contribution in [0.5, 0.6) is 0 Å². The van der Waals surface area contributed by atoms with Crippen LogP contribution in [0.3, 0.4) is 0 Å². The molecule has 0 aliphatic carbocycles. The molecule has 0 radical (unpaired) electrons. The van der Waals surface area contributed by atoms with Crippen molar-refractivity contribution in [3.63, 3.8) is 0 Å². The van der Waals surface area contributed by atoms with Crippen LogP contribution in [0.15, 0.2) is 36.4 Å². The van der Waals surface area contributed by atoms with Gasteiger partial charge < -0.3 is 0 Å². The van der Waals surface area contributed by atoms with Crippen molar-refractivity contribution < 1.29 is 0 Å². The third-order valence-corrected chi connectivity index (χ3v) is 3.03. The fourth-order valence-electron chi connectivity index (χ4n) is 2.19. The van der Waals surface area contributed by atoms with Crippen LogP contribution >= 0.6 is 0 Å². The molecule has 0 saturated heterocycles. The third-order valence-electron chi connectivity index (χ3n) is 3.03. The maximum Gasteiger partial charge on any atom is 0.172 e. The lowest BCUT2D eigenvalue weighted by Gasteiger charge is -2.07. The van der Waals surface area contributed by atoms with Crippen LogP contribution in [-0.2, 0) is 0 Å². The molecule has 0 atom stereocenters. The van der Waals surface area contributed by atoms with E-state index in [1.165, 1.54) is 0 Å². The molecule has 0 aliphatic heterocycles. The first-order valence-electron chi connectivity index (χ1n) is 6.02. The van der Waals surface area contributed by atoms with E-state index in [9.17, 15) is 5.26 Å². The Hall–Kier alpha value is -2.67. The summed E-state index contributed by atoms with van der Waals surface area (Å²) in [6.45, 7) is 3.88. The van der Waals surface area contributed by atoms with E-state index in [0.29, 0.717) is 11.4 Å². The topological polar surface area (TPSA) is 54.5 Å². The van der Waals surface area contributed by atoms with Gasteiger partial charge in [-0.3, -0.25) is 0 Å². The van der Waals surface area contributed by atoms with E-state index in [2.05, 4.69) is 16.2 Å². The van der Waals surface area contributed by atoms with Gasteiger partial charge >= 0.3 is 0 Å². The number of benzene rings is 1. The van der Waals surface area contributed by atoms with Gasteiger partial charge in [0, 0.05) is 11.1 Å². The molecular formula is C15H12N4. The minimum atomic E-state index is 0.532. The quantitative estimate of drug-likeness (QED) is 0.665. The third kappa shape index (κ3) is 1.85. The predicted molar refractivity (Wildman–Crippen MR) is 73.1 cm³/mol. The highest BCUT2D eigenvalue weighted by molar-refractivity contribution is 5.81. The van der Waals surface area contributed by atoms with Crippen LogP contribution in [0.25, 0.3) is 16.7 Å². The molecular weight excluding hydrogens is 236 g/mol.